The third kappa shape index (κ3) is 6.20. The Kier molecular flexibility index (Phi) is 7.27. The molecule has 0 aromatic heterocycles. The van der Waals surface area contributed by atoms with Crippen molar-refractivity contribution < 1.29 is 14.2 Å². The third-order valence-electron chi connectivity index (χ3n) is 3.28. The molecule has 2 rings (SSSR count). The zero-order valence-electron chi connectivity index (χ0n) is 13.9. The lowest BCUT2D eigenvalue weighted by molar-refractivity contribution is 0.146. The van der Waals surface area contributed by atoms with Crippen LogP contribution in [-0.4, -0.2) is 26.9 Å². The fourth-order valence-corrected chi connectivity index (χ4v) is 2.07. The zero-order chi connectivity index (χ0) is 16.3. The van der Waals surface area contributed by atoms with Gasteiger partial charge in [0.15, 0.2) is 0 Å². The Morgan fingerprint density at radius 3 is 2.39 bits per heavy atom. The van der Waals surface area contributed by atoms with Crippen LogP contribution in [-0.2, 0) is 11.3 Å². The molecule has 0 bridgehead atoms. The van der Waals surface area contributed by atoms with Crippen LogP contribution in [0.15, 0.2) is 48.5 Å². The van der Waals surface area contributed by atoms with Gasteiger partial charge in [-0.2, -0.15) is 0 Å². The summed E-state index contributed by atoms with van der Waals surface area (Å²) in [4.78, 5) is 0. The normalized spacial score (nSPS) is 10.3. The van der Waals surface area contributed by atoms with Gasteiger partial charge < -0.3 is 19.5 Å². The van der Waals surface area contributed by atoms with E-state index in [1.165, 1.54) is 5.56 Å². The Morgan fingerprint density at radius 1 is 0.870 bits per heavy atom. The molecule has 0 aliphatic carbocycles. The second-order valence-corrected chi connectivity index (χ2v) is 5.22. The average Bonchev–Trinajstić information content (AvgIpc) is 2.60. The van der Waals surface area contributed by atoms with E-state index in [4.69, 9.17) is 14.2 Å². The highest BCUT2D eigenvalue weighted by atomic mass is 16.5. The van der Waals surface area contributed by atoms with Gasteiger partial charge in [-0.05, 0) is 36.2 Å². The number of anilines is 1. The molecule has 0 spiro atoms. The van der Waals surface area contributed by atoms with Crippen LogP contribution in [0, 0.1) is 0 Å². The van der Waals surface area contributed by atoms with E-state index >= 15 is 0 Å². The van der Waals surface area contributed by atoms with Crippen molar-refractivity contribution in [2.75, 3.05) is 32.2 Å². The summed E-state index contributed by atoms with van der Waals surface area (Å²) in [6, 6.07) is 16.1. The van der Waals surface area contributed by atoms with Crippen LogP contribution in [0.1, 0.15) is 18.9 Å². The molecular formula is C19H25NO3. The molecule has 0 fully saturated rings. The molecule has 0 aliphatic heterocycles. The van der Waals surface area contributed by atoms with Crippen LogP contribution >= 0.6 is 0 Å². The molecule has 23 heavy (non-hydrogen) atoms. The summed E-state index contributed by atoms with van der Waals surface area (Å²) in [7, 11) is 1.67. The maximum Gasteiger partial charge on any atom is 0.121 e. The largest absolute Gasteiger partial charge is 0.494 e. The smallest absolute Gasteiger partial charge is 0.121 e. The van der Waals surface area contributed by atoms with E-state index in [0.717, 1.165) is 36.8 Å². The Hall–Kier alpha value is -2.20. The lowest BCUT2D eigenvalue weighted by Crippen LogP contribution is -2.05. The molecule has 0 atom stereocenters. The first kappa shape index (κ1) is 17.2. The summed E-state index contributed by atoms with van der Waals surface area (Å²) in [5.41, 5.74) is 2.24. The molecule has 0 saturated heterocycles. The minimum atomic E-state index is 0.555. The van der Waals surface area contributed by atoms with Gasteiger partial charge in [-0.15, -0.1) is 0 Å². The molecule has 4 heteroatoms. The van der Waals surface area contributed by atoms with Crippen molar-refractivity contribution in [2.45, 2.75) is 19.9 Å². The summed E-state index contributed by atoms with van der Waals surface area (Å²) in [6.07, 6.45) is 1.02. The van der Waals surface area contributed by atoms with Crippen LogP contribution in [0.3, 0.4) is 0 Å². The van der Waals surface area contributed by atoms with E-state index in [1.807, 2.05) is 36.4 Å². The van der Waals surface area contributed by atoms with Gasteiger partial charge in [-0.1, -0.05) is 25.1 Å². The van der Waals surface area contributed by atoms with E-state index in [0.29, 0.717) is 13.2 Å². The van der Waals surface area contributed by atoms with Crippen LogP contribution in [0.5, 0.6) is 11.5 Å². The monoisotopic (exact) mass is 315 g/mol. The van der Waals surface area contributed by atoms with Crippen LogP contribution < -0.4 is 14.8 Å². The number of benzene rings is 2. The SMILES string of the molecule is CCCOc1ccc(CNc2cccc(OCCOC)c2)cc1. The van der Waals surface area contributed by atoms with Crippen molar-refractivity contribution in [3.63, 3.8) is 0 Å². The molecule has 124 valence electrons. The summed E-state index contributed by atoms with van der Waals surface area (Å²) >= 11 is 0. The molecule has 0 heterocycles. The zero-order valence-corrected chi connectivity index (χ0v) is 13.9. The molecular weight excluding hydrogens is 290 g/mol. The van der Waals surface area contributed by atoms with Crippen LogP contribution in [0.25, 0.3) is 0 Å². The number of hydrogen-bond acceptors (Lipinski definition) is 4. The van der Waals surface area contributed by atoms with Gasteiger partial charge in [0.05, 0.1) is 13.2 Å². The van der Waals surface area contributed by atoms with Crippen LogP contribution in [0.2, 0.25) is 0 Å². The standard InChI is InChI=1S/C19H25NO3/c1-3-11-22-18-9-7-16(8-10-18)15-20-17-5-4-6-19(14-17)23-13-12-21-2/h4-10,14,20H,3,11-13,15H2,1-2H3. The molecule has 1 N–H and O–H groups in total. The topological polar surface area (TPSA) is 39.7 Å². The second-order valence-electron chi connectivity index (χ2n) is 5.22. The maximum atomic E-state index is 5.61. The second kappa shape index (κ2) is 9.74. The lowest BCUT2D eigenvalue weighted by Gasteiger charge is -2.10. The van der Waals surface area contributed by atoms with E-state index < -0.39 is 0 Å². The van der Waals surface area contributed by atoms with E-state index in [9.17, 15) is 0 Å². The van der Waals surface area contributed by atoms with E-state index in [2.05, 4.69) is 24.4 Å². The molecule has 0 amide bonds. The maximum absolute atomic E-state index is 5.61. The molecule has 0 radical (unpaired) electrons. The van der Waals surface area contributed by atoms with Gasteiger partial charge in [0, 0.05) is 25.4 Å². The van der Waals surface area contributed by atoms with Gasteiger partial charge in [-0.3, -0.25) is 0 Å². The van der Waals surface area contributed by atoms with Crippen molar-refractivity contribution in [3.8, 4) is 11.5 Å². The number of ether oxygens (including phenoxy) is 3. The van der Waals surface area contributed by atoms with Crippen LogP contribution in [0.4, 0.5) is 5.69 Å². The predicted octanol–water partition coefficient (Wildman–Crippen LogP) is 4.11. The molecule has 2 aromatic carbocycles. The highest BCUT2D eigenvalue weighted by Gasteiger charge is 1.99. The minimum Gasteiger partial charge on any atom is -0.494 e. The molecule has 2 aromatic rings. The average molecular weight is 315 g/mol. The van der Waals surface area contributed by atoms with E-state index in [1.54, 1.807) is 7.11 Å². The van der Waals surface area contributed by atoms with Gasteiger partial charge in [-0.25, -0.2) is 0 Å². The first-order chi connectivity index (χ1) is 11.3. The number of methoxy groups -OCH3 is 1. The van der Waals surface area contributed by atoms with E-state index in [-0.39, 0.29) is 0 Å². The lowest BCUT2D eigenvalue weighted by atomic mass is 10.2. The molecule has 0 aliphatic rings. The fraction of sp³-hybridized carbons (Fsp3) is 0.368. The fourth-order valence-electron chi connectivity index (χ4n) is 2.07. The summed E-state index contributed by atoms with van der Waals surface area (Å²) in [5, 5.41) is 3.40. The number of nitrogens with one attached hydrogen (secondary N) is 1. The van der Waals surface area contributed by atoms with Gasteiger partial charge in [0.1, 0.15) is 18.1 Å². The number of hydrogen-bond donors (Lipinski definition) is 1. The highest BCUT2D eigenvalue weighted by Crippen LogP contribution is 2.19. The Morgan fingerprint density at radius 2 is 1.65 bits per heavy atom. The Balaban J connectivity index is 1.84. The van der Waals surface area contributed by atoms with Gasteiger partial charge >= 0.3 is 0 Å². The van der Waals surface area contributed by atoms with Crippen molar-refractivity contribution in [1.82, 2.24) is 0 Å². The summed E-state index contributed by atoms with van der Waals surface area (Å²) in [5.74, 6) is 1.76. The highest BCUT2D eigenvalue weighted by molar-refractivity contribution is 5.48. The Labute approximate surface area is 138 Å². The first-order valence-electron chi connectivity index (χ1n) is 7.99. The Bertz CT molecular complexity index is 569. The number of rotatable bonds is 10. The van der Waals surface area contributed by atoms with Crippen molar-refractivity contribution in [2.24, 2.45) is 0 Å². The predicted molar refractivity (Wildman–Crippen MR) is 93.4 cm³/mol. The molecule has 0 unspecified atom stereocenters. The molecule has 0 saturated carbocycles. The first-order valence-corrected chi connectivity index (χ1v) is 7.99. The quantitative estimate of drug-likeness (QED) is 0.670. The van der Waals surface area contributed by atoms with Gasteiger partial charge in [0.2, 0.25) is 0 Å². The summed E-state index contributed by atoms with van der Waals surface area (Å²) < 4.78 is 16.2. The molecule has 4 nitrogen and oxygen atoms in total. The van der Waals surface area contributed by atoms with Crippen molar-refractivity contribution in [1.29, 1.82) is 0 Å². The summed E-state index contributed by atoms with van der Waals surface area (Å²) in [6.45, 7) is 4.76. The van der Waals surface area contributed by atoms with Gasteiger partial charge in [0.25, 0.3) is 0 Å². The third-order valence-corrected chi connectivity index (χ3v) is 3.28. The van der Waals surface area contributed by atoms with Crippen molar-refractivity contribution in [3.05, 3.63) is 54.1 Å². The minimum absolute atomic E-state index is 0.555. The van der Waals surface area contributed by atoms with Crippen molar-refractivity contribution >= 4 is 5.69 Å².